The van der Waals surface area contributed by atoms with Gasteiger partial charge in [-0.3, -0.25) is 10.1 Å². The van der Waals surface area contributed by atoms with Gasteiger partial charge in [-0.05, 0) is 18.6 Å². The number of aryl methyl sites for hydroxylation is 1. The van der Waals surface area contributed by atoms with Gasteiger partial charge in [0.2, 0.25) is 0 Å². The molecule has 0 saturated carbocycles. The molecule has 0 spiro atoms. The molecule has 0 atom stereocenters. The first-order chi connectivity index (χ1) is 7.15. The fraction of sp³-hybridized carbons (Fsp3) is 0.300. The molecule has 0 amide bonds. The van der Waals surface area contributed by atoms with Gasteiger partial charge in [0.05, 0.1) is 23.5 Å². The Bertz CT molecular complexity index is 410. The minimum atomic E-state index is -0.476. The highest BCUT2D eigenvalue weighted by Crippen LogP contribution is 2.23. The van der Waals surface area contributed by atoms with Gasteiger partial charge < -0.3 is 4.74 Å². The zero-order valence-electron chi connectivity index (χ0n) is 8.27. The second-order valence-electron chi connectivity index (χ2n) is 2.96. The minimum absolute atomic E-state index is 0.00689. The first-order valence-corrected chi connectivity index (χ1v) is 4.40. The zero-order valence-corrected chi connectivity index (χ0v) is 8.27. The van der Waals surface area contributed by atoms with Crippen LogP contribution in [0.15, 0.2) is 18.2 Å². The van der Waals surface area contributed by atoms with Crippen molar-refractivity contribution in [1.29, 1.82) is 5.26 Å². The Morgan fingerprint density at radius 2 is 2.33 bits per heavy atom. The Morgan fingerprint density at radius 3 is 2.93 bits per heavy atom. The number of nitro benzene ring substituents is 1. The summed E-state index contributed by atoms with van der Waals surface area (Å²) in [5.74, 6) is 0.458. The highest BCUT2D eigenvalue weighted by atomic mass is 16.6. The third kappa shape index (κ3) is 2.95. The zero-order chi connectivity index (χ0) is 11.3. The van der Waals surface area contributed by atoms with Gasteiger partial charge in [0, 0.05) is 6.07 Å². The lowest BCUT2D eigenvalue weighted by Gasteiger charge is -2.06. The molecule has 0 unspecified atom stereocenters. The van der Waals surface area contributed by atoms with Crippen LogP contribution in [-0.4, -0.2) is 11.5 Å². The molecular weight excluding hydrogens is 196 g/mol. The first kappa shape index (κ1) is 11.0. The van der Waals surface area contributed by atoms with Crippen LogP contribution in [0.2, 0.25) is 0 Å². The second-order valence-corrected chi connectivity index (χ2v) is 2.96. The summed E-state index contributed by atoms with van der Waals surface area (Å²) in [6, 6.07) is 6.35. The van der Waals surface area contributed by atoms with Gasteiger partial charge in [0.15, 0.2) is 0 Å². The van der Waals surface area contributed by atoms with Crippen LogP contribution in [0, 0.1) is 28.4 Å². The number of rotatable bonds is 4. The van der Waals surface area contributed by atoms with E-state index >= 15 is 0 Å². The van der Waals surface area contributed by atoms with Crippen LogP contribution >= 0.6 is 0 Å². The van der Waals surface area contributed by atoms with Gasteiger partial charge in [-0.25, -0.2) is 0 Å². The number of hydrogen-bond acceptors (Lipinski definition) is 4. The second kappa shape index (κ2) is 4.96. The molecule has 0 aliphatic carbocycles. The average Bonchev–Trinajstić information content (AvgIpc) is 2.20. The largest absolute Gasteiger partial charge is 0.492 e. The van der Waals surface area contributed by atoms with Crippen LogP contribution in [0.3, 0.4) is 0 Å². The maximum Gasteiger partial charge on any atom is 0.273 e. The first-order valence-electron chi connectivity index (χ1n) is 4.40. The fourth-order valence-electron chi connectivity index (χ4n) is 1.06. The van der Waals surface area contributed by atoms with E-state index in [0.29, 0.717) is 5.75 Å². The Morgan fingerprint density at radius 1 is 1.60 bits per heavy atom. The fourth-order valence-corrected chi connectivity index (χ4v) is 1.06. The van der Waals surface area contributed by atoms with E-state index in [2.05, 4.69) is 0 Å². The van der Waals surface area contributed by atoms with Crippen LogP contribution in [0.1, 0.15) is 12.0 Å². The molecule has 0 heterocycles. The van der Waals surface area contributed by atoms with Crippen molar-refractivity contribution >= 4 is 5.69 Å². The van der Waals surface area contributed by atoms with Crippen LogP contribution in [0.25, 0.3) is 0 Å². The molecule has 0 radical (unpaired) electrons. The SMILES string of the molecule is Cc1ccc([N+](=O)[O-])cc1OCCC#N. The smallest absolute Gasteiger partial charge is 0.273 e. The van der Waals surface area contributed by atoms with Crippen molar-refractivity contribution in [1.82, 2.24) is 0 Å². The van der Waals surface area contributed by atoms with Crippen molar-refractivity contribution in [3.63, 3.8) is 0 Å². The van der Waals surface area contributed by atoms with E-state index in [9.17, 15) is 10.1 Å². The van der Waals surface area contributed by atoms with Crippen molar-refractivity contribution in [3.05, 3.63) is 33.9 Å². The van der Waals surface area contributed by atoms with Crippen molar-refractivity contribution in [3.8, 4) is 11.8 Å². The van der Waals surface area contributed by atoms with Crippen molar-refractivity contribution < 1.29 is 9.66 Å². The van der Waals surface area contributed by atoms with E-state index in [4.69, 9.17) is 10.00 Å². The Kier molecular flexibility index (Phi) is 3.63. The molecule has 1 aromatic rings. The van der Waals surface area contributed by atoms with E-state index in [-0.39, 0.29) is 18.7 Å². The molecule has 1 aromatic carbocycles. The predicted molar refractivity (Wildman–Crippen MR) is 53.6 cm³/mol. The number of benzene rings is 1. The van der Waals surface area contributed by atoms with Crippen LogP contribution in [-0.2, 0) is 0 Å². The highest BCUT2D eigenvalue weighted by Gasteiger charge is 2.09. The summed E-state index contributed by atoms with van der Waals surface area (Å²) in [4.78, 5) is 10.0. The van der Waals surface area contributed by atoms with E-state index in [1.54, 1.807) is 13.0 Å². The van der Waals surface area contributed by atoms with Gasteiger partial charge in [0.1, 0.15) is 12.4 Å². The van der Waals surface area contributed by atoms with Crippen LogP contribution < -0.4 is 4.74 Å². The van der Waals surface area contributed by atoms with Gasteiger partial charge in [-0.2, -0.15) is 5.26 Å². The average molecular weight is 206 g/mol. The molecule has 5 heteroatoms. The van der Waals surface area contributed by atoms with E-state index in [1.807, 2.05) is 6.07 Å². The van der Waals surface area contributed by atoms with Gasteiger partial charge in [-0.1, -0.05) is 0 Å². The third-order valence-corrected chi connectivity index (χ3v) is 1.85. The summed E-state index contributed by atoms with van der Waals surface area (Å²) in [6.45, 7) is 2.05. The summed E-state index contributed by atoms with van der Waals surface area (Å²) >= 11 is 0. The molecule has 0 aliphatic heterocycles. The number of non-ortho nitro benzene ring substituents is 1. The summed E-state index contributed by atoms with van der Waals surface area (Å²) in [5, 5.41) is 18.8. The van der Waals surface area contributed by atoms with E-state index in [0.717, 1.165) is 5.56 Å². The van der Waals surface area contributed by atoms with Gasteiger partial charge >= 0.3 is 0 Å². The van der Waals surface area contributed by atoms with Crippen molar-refractivity contribution in [2.24, 2.45) is 0 Å². The Labute approximate surface area is 87.1 Å². The third-order valence-electron chi connectivity index (χ3n) is 1.85. The summed E-state index contributed by atoms with van der Waals surface area (Å²) in [7, 11) is 0. The maximum absolute atomic E-state index is 10.5. The van der Waals surface area contributed by atoms with Crippen LogP contribution in [0.5, 0.6) is 5.75 Å². The molecule has 0 bridgehead atoms. The van der Waals surface area contributed by atoms with Crippen molar-refractivity contribution in [2.45, 2.75) is 13.3 Å². The minimum Gasteiger partial charge on any atom is -0.492 e. The van der Waals surface area contributed by atoms with E-state index in [1.165, 1.54) is 12.1 Å². The van der Waals surface area contributed by atoms with Crippen molar-refractivity contribution in [2.75, 3.05) is 6.61 Å². The lowest BCUT2D eigenvalue weighted by molar-refractivity contribution is -0.384. The normalized spacial score (nSPS) is 9.33. The standard InChI is InChI=1S/C10H10N2O3/c1-8-3-4-9(12(13)14)7-10(8)15-6-2-5-11/h3-4,7H,2,6H2,1H3. The lowest BCUT2D eigenvalue weighted by Crippen LogP contribution is -1.98. The predicted octanol–water partition coefficient (Wildman–Crippen LogP) is 2.20. The molecule has 5 nitrogen and oxygen atoms in total. The molecule has 0 aliphatic rings. The monoisotopic (exact) mass is 206 g/mol. The molecule has 0 N–H and O–H groups in total. The highest BCUT2D eigenvalue weighted by molar-refractivity contribution is 5.43. The molecule has 0 saturated heterocycles. The summed E-state index contributed by atoms with van der Waals surface area (Å²) in [6.07, 6.45) is 0.266. The molecule has 78 valence electrons. The molecule has 1 rings (SSSR count). The molecule has 0 fully saturated rings. The number of hydrogen-bond donors (Lipinski definition) is 0. The summed E-state index contributed by atoms with van der Waals surface area (Å²) < 4.78 is 5.24. The Hall–Kier alpha value is -2.09. The topological polar surface area (TPSA) is 76.2 Å². The van der Waals surface area contributed by atoms with Gasteiger partial charge in [0.25, 0.3) is 5.69 Å². The number of nitriles is 1. The van der Waals surface area contributed by atoms with Crippen LogP contribution in [0.4, 0.5) is 5.69 Å². The summed E-state index contributed by atoms with van der Waals surface area (Å²) in [5.41, 5.74) is 0.811. The quantitative estimate of drug-likeness (QED) is 0.430. The number of nitrogens with zero attached hydrogens (tertiary/aromatic N) is 2. The number of nitro groups is 1. The van der Waals surface area contributed by atoms with Gasteiger partial charge in [-0.15, -0.1) is 0 Å². The van der Waals surface area contributed by atoms with E-state index < -0.39 is 4.92 Å². The molecular formula is C10H10N2O3. The molecule has 15 heavy (non-hydrogen) atoms. The molecule has 0 aromatic heterocycles. The maximum atomic E-state index is 10.5. The lowest BCUT2D eigenvalue weighted by atomic mass is 10.2. The Balaban J connectivity index is 2.82. The number of ether oxygens (including phenoxy) is 1.